The molecule has 0 saturated carbocycles. The van der Waals surface area contributed by atoms with Gasteiger partial charge in [-0.25, -0.2) is 0 Å². The highest BCUT2D eigenvalue weighted by molar-refractivity contribution is 9.09. The minimum absolute atomic E-state index is 0.0685. The molecule has 15 heavy (non-hydrogen) atoms. The van der Waals surface area contributed by atoms with E-state index in [0.29, 0.717) is 5.92 Å². The number of nitrogens with one attached hydrogen (secondary N) is 1. The molecule has 1 heterocycles. The zero-order chi connectivity index (χ0) is 11.1. The van der Waals surface area contributed by atoms with Crippen molar-refractivity contribution in [3.63, 3.8) is 0 Å². The molecule has 0 radical (unpaired) electrons. The molecular weight excluding hydrogens is 258 g/mol. The summed E-state index contributed by atoms with van der Waals surface area (Å²) in [6.45, 7) is 3.71. The van der Waals surface area contributed by atoms with Gasteiger partial charge in [0, 0.05) is 18.5 Å². The van der Waals surface area contributed by atoms with E-state index in [4.69, 9.17) is 4.74 Å². The summed E-state index contributed by atoms with van der Waals surface area (Å²) in [5.74, 6) is 0.753. The fraction of sp³-hybridized carbons (Fsp3) is 0.909. The molecule has 0 aliphatic carbocycles. The smallest absolute Gasteiger partial charge is 0.249 e. The third-order valence-corrected chi connectivity index (χ3v) is 3.76. The van der Waals surface area contributed by atoms with E-state index in [-0.39, 0.29) is 12.0 Å². The maximum atomic E-state index is 11.5. The molecule has 1 aliphatic heterocycles. The Kier molecular flexibility index (Phi) is 6.25. The van der Waals surface area contributed by atoms with Crippen LogP contribution in [-0.2, 0) is 9.53 Å². The first-order chi connectivity index (χ1) is 7.24. The Labute approximate surface area is 100 Å². The topological polar surface area (TPSA) is 38.3 Å². The zero-order valence-corrected chi connectivity index (χ0v) is 10.9. The molecule has 0 bridgehead atoms. The van der Waals surface area contributed by atoms with Crippen LogP contribution in [0.25, 0.3) is 0 Å². The molecule has 1 fully saturated rings. The van der Waals surface area contributed by atoms with Crippen LogP contribution >= 0.6 is 15.9 Å². The first kappa shape index (κ1) is 13.0. The molecule has 0 aromatic heterocycles. The molecule has 3 nitrogen and oxygen atoms in total. The van der Waals surface area contributed by atoms with Gasteiger partial charge in [-0.15, -0.1) is 0 Å². The highest BCUT2D eigenvalue weighted by Gasteiger charge is 2.22. The van der Waals surface area contributed by atoms with Crippen LogP contribution in [0, 0.1) is 5.92 Å². The fourth-order valence-electron chi connectivity index (χ4n) is 1.64. The summed E-state index contributed by atoms with van der Waals surface area (Å²) < 4.78 is 5.29. The number of ether oxygens (including phenoxy) is 1. The van der Waals surface area contributed by atoms with Crippen LogP contribution in [0.3, 0.4) is 0 Å². The number of carbonyl (C=O) groups is 1. The van der Waals surface area contributed by atoms with E-state index in [0.717, 1.165) is 44.2 Å². The second-order valence-electron chi connectivity index (χ2n) is 4.19. The van der Waals surface area contributed by atoms with Gasteiger partial charge >= 0.3 is 0 Å². The SMILES string of the molecule is CC(CBr)CCCNC(=O)C1CCCO1. The van der Waals surface area contributed by atoms with Gasteiger partial charge in [-0.1, -0.05) is 22.9 Å². The highest BCUT2D eigenvalue weighted by Crippen LogP contribution is 2.12. The molecule has 4 heteroatoms. The lowest BCUT2D eigenvalue weighted by Gasteiger charge is -2.11. The maximum absolute atomic E-state index is 11.5. The number of amides is 1. The largest absolute Gasteiger partial charge is 0.368 e. The molecule has 2 atom stereocenters. The average molecular weight is 278 g/mol. The van der Waals surface area contributed by atoms with Gasteiger partial charge in [0.2, 0.25) is 5.91 Å². The van der Waals surface area contributed by atoms with Crippen LogP contribution < -0.4 is 5.32 Å². The summed E-state index contributed by atoms with van der Waals surface area (Å²) >= 11 is 3.44. The summed E-state index contributed by atoms with van der Waals surface area (Å²) in [4.78, 5) is 11.5. The van der Waals surface area contributed by atoms with Gasteiger partial charge in [0.15, 0.2) is 0 Å². The van der Waals surface area contributed by atoms with Crippen molar-refractivity contribution in [1.82, 2.24) is 5.32 Å². The van der Waals surface area contributed by atoms with Crippen molar-refractivity contribution in [3.05, 3.63) is 0 Å². The van der Waals surface area contributed by atoms with Gasteiger partial charge in [-0.3, -0.25) is 4.79 Å². The molecule has 2 unspecified atom stereocenters. The van der Waals surface area contributed by atoms with E-state index >= 15 is 0 Å². The fourth-order valence-corrected chi connectivity index (χ4v) is 1.96. The van der Waals surface area contributed by atoms with Gasteiger partial charge < -0.3 is 10.1 Å². The number of carbonyl (C=O) groups excluding carboxylic acids is 1. The zero-order valence-electron chi connectivity index (χ0n) is 9.30. The minimum Gasteiger partial charge on any atom is -0.368 e. The number of hydrogen-bond acceptors (Lipinski definition) is 2. The van der Waals surface area contributed by atoms with Crippen LogP contribution in [0.15, 0.2) is 0 Å². The molecule has 0 aromatic rings. The van der Waals surface area contributed by atoms with Crippen molar-refractivity contribution in [2.75, 3.05) is 18.5 Å². The Morgan fingerprint density at radius 2 is 2.47 bits per heavy atom. The molecule has 1 rings (SSSR count). The molecular formula is C11H20BrNO2. The van der Waals surface area contributed by atoms with E-state index < -0.39 is 0 Å². The van der Waals surface area contributed by atoms with Crippen LogP contribution in [0.4, 0.5) is 0 Å². The summed E-state index contributed by atoms with van der Waals surface area (Å²) in [5, 5.41) is 3.96. The minimum atomic E-state index is -0.182. The van der Waals surface area contributed by atoms with Crippen LogP contribution in [0.2, 0.25) is 0 Å². The van der Waals surface area contributed by atoms with Crippen molar-refractivity contribution in [2.45, 2.75) is 38.7 Å². The Morgan fingerprint density at radius 3 is 3.07 bits per heavy atom. The van der Waals surface area contributed by atoms with E-state index in [1.54, 1.807) is 0 Å². The Balaban J connectivity index is 2.01. The third kappa shape index (κ3) is 4.98. The van der Waals surface area contributed by atoms with Gasteiger partial charge in [-0.05, 0) is 31.6 Å². The lowest BCUT2D eigenvalue weighted by Crippen LogP contribution is -2.34. The second-order valence-corrected chi connectivity index (χ2v) is 4.84. The van der Waals surface area contributed by atoms with Gasteiger partial charge in [-0.2, -0.15) is 0 Å². The van der Waals surface area contributed by atoms with Gasteiger partial charge in [0.05, 0.1) is 0 Å². The van der Waals surface area contributed by atoms with E-state index in [9.17, 15) is 4.79 Å². The van der Waals surface area contributed by atoms with Crippen LogP contribution in [0.5, 0.6) is 0 Å². The van der Waals surface area contributed by atoms with E-state index in [1.165, 1.54) is 0 Å². The quantitative estimate of drug-likeness (QED) is 0.597. The lowest BCUT2D eigenvalue weighted by atomic mass is 10.1. The molecule has 88 valence electrons. The number of alkyl halides is 1. The number of halogens is 1. The normalized spacial score (nSPS) is 22.7. The summed E-state index contributed by atoms with van der Waals surface area (Å²) in [7, 11) is 0. The van der Waals surface area contributed by atoms with Crippen LogP contribution in [0.1, 0.15) is 32.6 Å². The molecule has 0 aromatic carbocycles. The van der Waals surface area contributed by atoms with Crippen molar-refractivity contribution in [1.29, 1.82) is 0 Å². The van der Waals surface area contributed by atoms with Crippen LogP contribution in [-0.4, -0.2) is 30.5 Å². The average Bonchev–Trinajstić information content (AvgIpc) is 2.77. The standard InChI is InChI=1S/C11H20BrNO2/c1-9(8-12)4-2-6-13-11(14)10-5-3-7-15-10/h9-10H,2-8H2,1H3,(H,13,14). The molecule has 1 N–H and O–H groups in total. The summed E-state index contributed by atoms with van der Waals surface area (Å²) in [6.07, 6.45) is 3.91. The van der Waals surface area contributed by atoms with Gasteiger partial charge in [0.1, 0.15) is 6.10 Å². The molecule has 0 spiro atoms. The monoisotopic (exact) mass is 277 g/mol. The van der Waals surface area contributed by atoms with E-state index in [2.05, 4.69) is 28.2 Å². The Bertz CT molecular complexity index is 193. The third-order valence-electron chi connectivity index (χ3n) is 2.66. The first-order valence-corrected chi connectivity index (χ1v) is 6.81. The van der Waals surface area contributed by atoms with Gasteiger partial charge in [0.25, 0.3) is 0 Å². The van der Waals surface area contributed by atoms with Crippen molar-refractivity contribution >= 4 is 21.8 Å². The maximum Gasteiger partial charge on any atom is 0.249 e. The highest BCUT2D eigenvalue weighted by atomic mass is 79.9. The van der Waals surface area contributed by atoms with Crippen molar-refractivity contribution in [3.8, 4) is 0 Å². The first-order valence-electron chi connectivity index (χ1n) is 5.69. The summed E-state index contributed by atoms with van der Waals surface area (Å²) in [6, 6.07) is 0. The molecule has 1 saturated heterocycles. The predicted octanol–water partition coefficient (Wildman–Crippen LogP) is 2.09. The molecule has 1 amide bonds. The second kappa shape index (κ2) is 7.23. The Morgan fingerprint density at radius 1 is 1.67 bits per heavy atom. The predicted molar refractivity (Wildman–Crippen MR) is 64.2 cm³/mol. The number of rotatable bonds is 6. The van der Waals surface area contributed by atoms with Crippen molar-refractivity contribution in [2.24, 2.45) is 5.92 Å². The Hall–Kier alpha value is -0.0900. The number of hydrogen-bond donors (Lipinski definition) is 1. The van der Waals surface area contributed by atoms with E-state index in [1.807, 2.05) is 0 Å². The summed E-state index contributed by atoms with van der Waals surface area (Å²) in [5.41, 5.74) is 0. The lowest BCUT2D eigenvalue weighted by molar-refractivity contribution is -0.130. The molecule has 1 aliphatic rings. The van der Waals surface area contributed by atoms with Crippen molar-refractivity contribution < 1.29 is 9.53 Å².